The van der Waals surface area contributed by atoms with Crippen LogP contribution in [0.25, 0.3) is 0 Å². The van der Waals surface area contributed by atoms with Gasteiger partial charge in [-0.15, -0.1) is 0 Å². The number of hydrogen-bond donors (Lipinski definition) is 1. The van der Waals surface area contributed by atoms with E-state index in [1.807, 2.05) is 18.8 Å². The first-order valence-corrected chi connectivity index (χ1v) is 6.28. The molecule has 0 aliphatic carbocycles. The second-order valence-electron chi connectivity index (χ2n) is 4.54. The highest BCUT2D eigenvalue weighted by Gasteiger charge is 2.18. The van der Waals surface area contributed by atoms with Crippen molar-refractivity contribution in [3.05, 3.63) is 17.0 Å². The largest absolute Gasteiger partial charge is 0.385 e. The van der Waals surface area contributed by atoms with Crippen molar-refractivity contribution in [1.29, 1.82) is 0 Å². The lowest BCUT2D eigenvalue weighted by atomic mass is 9.99. The van der Waals surface area contributed by atoms with E-state index < -0.39 is 0 Å². The molecule has 1 unspecified atom stereocenters. The summed E-state index contributed by atoms with van der Waals surface area (Å²) in [6.45, 7) is 5.07. The van der Waals surface area contributed by atoms with E-state index in [0.717, 1.165) is 25.1 Å². The molecule has 0 spiro atoms. The Morgan fingerprint density at radius 2 is 2.06 bits per heavy atom. The topological polar surface area (TPSA) is 39.1 Å². The standard InChI is InChI=1S/C13H25N3O/c1-10-13(11(2)16(4)15-10)12(14-3)8-6-7-9-17-5/h12,14H,6-9H2,1-5H3. The van der Waals surface area contributed by atoms with Gasteiger partial charge in [0.1, 0.15) is 0 Å². The maximum absolute atomic E-state index is 5.08. The molecule has 4 nitrogen and oxygen atoms in total. The zero-order valence-corrected chi connectivity index (χ0v) is 11.7. The lowest BCUT2D eigenvalue weighted by Gasteiger charge is -2.17. The minimum atomic E-state index is 0.403. The van der Waals surface area contributed by atoms with Gasteiger partial charge in [0.15, 0.2) is 0 Å². The number of unbranched alkanes of at least 4 members (excludes halogenated alkanes) is 1. The Morgan fingerprint density at radius 3 is 2.53 bits per heavy atom. The van der Waals surface area contributed by atoms with Gasteiger partial charge in [0, 0.05) is 38.1 Å². The number of ether oxygens (including phenoxy) is 1. The number of hydrogen-bond acceptors (Lipinski definition) is 3. The van der Waals surface area contributed by atoms with E-state index in [1.165, 1.54) is 17.7 Å². The molecule has 17 heavy (non-hydrogen) atoms. The molecule has 1 N–H and O–H groups in total. The average molecular weight is 239 g/mol. The monoisotopic (exact) mass is 239 g/mol. The SMILES string of the molecule is CNC(CCCCOC)c1c(C)nn(C)c1C. The molecule has 0 bridgehead atoms. The van der Waals surface area contributed by atoms with Crippen molar-refractivity contribution in [2.75, 3.05) is 20.8 Å². The fourth-order valence-corrected chi connectivity index (χ4v) is 2.32. The third-order valence-electron chi connectivity index (χ3n) is 3.35. The van der Waals surface area contributed by atoms with E-state index in [1.54, 1.807) is 7.11 Å². The number of nitrogens with one attached hydrogen (secondary N) is 1. The Bertz CT molecular complexity index is 347. The molecule has 0 saturated heterocycles. The molecule has 0 aliphatic rings. The van der Waals surface area contributed by atoms with Crippen molar-refractivity contribution >= 4 is 0 Å². The molecular formula is C13H25N3O. The summed E-state index contributed by atoms with van der Waals surface area (Å²) in [4.78, 5) is 0. The Labute approximate surface area is 104 Å². The molecule has 0 aromatic carbocycles. The van der Waals surface area contributed by atoms with Gasteiger partial charge in [-0.2, -0.15) is 5.10 Å². The van der Waals surface area contributed by atoms with Crippen LogP contribution in [0.4, 0.5) is 0 Å². The fourth-order valence-electron chi connectivity index (χ4n) is 2.32. The van der Waals surface area contributed by atoms with Crippen molar-refractivity contribution < 1.29 is 4.74 Å². The second kappa shape index (κ2) is 6.77. The van der Waals surface area contributed by atoms with Crippen LogP contribution in [0.3, 0.4) is 0 Å². The molecule has 0 amide bonds. The van der Waals surface area contributed by atoms with Crippen LogP contribution in [-0.4, -0.2) is 30.5 Å². The molecule has 1 rings (SSSR count). The predicted molar refractivity (Wildman–Crippen MR) is 70.2 cm³/mol. The molecule has 0 aliphatic heterocycles. The smallest absolute Gasteiger partial charge is 0.0644 e. The molecule has 0 fully saturated rings. The van der Waals surface area contributed by atoms with Crippen LogP contribution >= 0.6 is 0 Å². The Balaban J connectivity index is 2.66. The van der Waals surface area contributed by atoms with Gasteiger partial charge in [-0.3, -0.25) is 4.68 Å². The minimum Gasteiger partial charge on any atom is -0.385 e. The summed E-state index contributed by atoms with van der Waals surface area (Å²) < 4.78 is 7.04. The number of aromatic nitrogens is 2. The van der Waals surface area contributed by atoms with Gasteiger partial charge < -0.3 is 10.1 Å². The van der Waals surface area contributed by atoms with Gasteiger partial charge in [0.05, 0.1) is 5.69 Å². The highest BCUT2D eigenvalue weighted by atomic mass is 16.5. The highest BCUT2D eigenvalue weighted by Crippen LogP contribution is 2.25. The molecule has 0 radical (unpaired) electrons. The first-order valence-electron chi connectivity index (χ1n) is 6.28. The Hall–Kier alpha value is -0.870. The minimum absolute atomic E-state index is 0.403. The summed E-state index contributed by atoms with van der Waals surface area (Å²) in [5, 5.41) is 7.87. The van der Waals surface area contributed by atoms with Gasteiger partial charge in [-0.25, -0.2) is 0 Å². The summed E-state index contributed by atoms with van der Waals surface area (Å²) in [6, 6.07) is 0.403. The number of aryl methyl sites for hydroxylation is 2. The van der Waals surface area contributed by atoms with Crippen LogP contribution < -0.4 is 5.32 Å². The highest BCUT2D eigenvalue weighted by molar-refractivity contribution is 5.28. The molecular weight excluding hydrogens is 214 g/mol. The Morgan fingerprint density at radius 1 is 1.35 bits per heavy atom. The van der Waals surface area contributed by atoms with Crippen molar-refractivity contribution in [1.82, 2.24) is 15.1 Å². The van der Waals surface area contributed by atoms with E-state index in [-0.39, 0.29) is 0 Å². The summed E-state index contributed by atoms with van der Waals surface area (Å²) >= 11 is 0. The number of rotatable bonds is 7. The lowest BCUT2D eigenvalue weighted by molar-refractivity contribution is 0.191. The maximum atomic E-state index is 5.08. The van der Waals surface area contributed by atoms with Gasteiger partial charge in [-0.1, -0.05) is 0 Å². The van der Waals surface area contributed by atoms with E-state index >= 15 is 0 Å². The Kier molecular flexibility index (Phi) is 5.65. The molecule has 1 heterocycles. The zero-order valence-electron chi connectivity index (χ0n) is 11.7. The third-order valence-corrected chi connectivity index (χ3v) is 3.35. The molecule has 0 saturated carbocycles. The van der Waals surface area contributed by atoms with Crippen molar-refractivity contribution in [2.45, 2.75) is 39.2 Å². The summed E-state index contributed by atoms with van der Waals surface area (Å²) in [5.41, 5.74) is 3.75. The van der Waals surface area contributed by atoms with E-state index in [4.69, 9.17) is 4.74 Å². The average Bonchev–Trinajstić information content (AvgIpc) is 2.55. The molecule has 1 aromatic heterocycles. The second-order valence-corrected chi connectivity index (χ2v) is 4.54. The van der Waals surface area contributed by atoms with Crippen LogP contribution in [0.15, 0.2) is 0 Å². The summed E-state index contributed by atoms with van der Waals surface area (Å²) in [7, 11) is 5.78. The normalized spacial score (nSPS) is 13.0. The predicted octanol–water partition coefficient (Wildman–Crippen LogP) is 2.11. The van der Waals surface area contributed by atoms with Crippen LogP contribution in [-0.2, 0) is 11.8 Å². The molecule has 4 heteroatoms. The third kappa shape index (κ3) is 3.54. The first kappa shape index (κ1) is 14.2. The molecule has 1 atom stereocenters. The van der Waals surface area contributed by atoms with Crippen molar-refractivity contribution in [2.24, 2.45) is 7.05 Å². The quantitative estimate of drug-likeness (QED) is 0.741. The number of methoxy groups -OCH3 is 1. The first-order chi connectivity index (χ1) is 8.11. The lowest BCUT2D eigenvalue weighted by Crippen LogP contribution is -2.18. The maximum Gasteiger partial charge on any atom is 0.0644 e. The molecule has 1 aromatic rings. The van der Waals surface area contributed by atoms with Gasteiger partial charge in [0.25, 0.3) is 0 Å². The van der Waals surface area contributed by atoms with Gasteiger partial charge in [0.2, 0.25) is 0 Å². The van der Waals surface area contributed by atoms with Crippen LogP contribution in [0.2, 0.25) is 0 Å². The van der Waals surface area contributed by atoms with Crippen molar-refractivity contribution in [3.8, 4) is 0 Å². The summed E-state index contributed by atoms with van der Waals surface area (Å²) in [6.07, 6.45) is 3.42. The van der Waals surface area contributed by atoms with Crippen molar-refractivity contribution in [3.63, 3.8) is 0 Å². The van der Waals surface area contributed by atoms with E-state index in [0.29, 0.717) is 6.04 Å². The van der Waals surface area contributed by atoms with E-state index in [2.05, 4.69) is 24.3 Å². The van der Waals surface area contributed by atoms with E-state index in [9.17, 15) is 0 Å². The molecule has 98 valence electrons. The van der Waals surface area contributed by atoms with Gasteiger partial charge >= 0.3 is 0 Å². The fraction of sp³-hybridized carbons (Fsp3) is 0.769. The van der Waals surface area contributed by atoms with Crippen LogP contribution in [0.5, 0.6) is 0 Å². The number of nitrogens with zero attached hydrogens (tertiary/aromatic N) is 2. The van der Waals surface area contributed by atoms with Gasteiger partial charge in [-0.05, 0) is 40.2 Å². The van der Waals surface area contributed by atoms with Crippen LogP contribution in [0.1, 0.15) is 42.3 Å². The van der Waals surface area contributed by atoms with Crippen LogP contribution in [0, 0.1) is 13.8 Å². The summed E-state index contributed by atoms with van der Waals surface area (Å²) in [5.74, 6) is 0. The zero-order chi connectivity index (χ0) is 12.8.